The van der Waals surface area contributed by atoms with Crippen LogP contribution in [0, 0.1) is 6.92 Å². The first-order chi connectivity index (χ1) is 13.6. The van der Waals surface area contributed by atoms with E-state index in [1.54, 1.807) is 25.4 Å². The molecule has 0 radical (unpaired) electrons. The Morgan fingerprint density at radius 2 is 1.96 bits per heavy atom. The lowest BCUT2D eigenvalue weighted by Crippen LogP contribution is -2.46. The molecule has 0 amide bonds. The summed E-state index contributed by atoms with van der Waals surface area (Å²) in [5.41, 5.74) is 0.392. The Kier molecular flexibility index (Phi) is 5.05. The Bertz CT molecular complexity index is 1060. The normalized spacial score (nSPS) is 15.1. The Morgan fingerprint density at radius 3 is 2.64 bits per heavy atom. The number of carbonyl (C=O) groups is 1. The molecule has 4 rings (SSSR count). The van der Waals surface area contributed by atoms with Crippen molar-refractivity contribution in [2.45, 2.75) is 13.5 Å². The van der Waals surface area contributed by atoms with Crippen LogP contribution >= 0.6 is 11.3 Å². The van der Waals surface area contributed by atoms with Gasteiger partial charge < -0.3 is 14.6 Å². The van der Waals surface area contributed by atoms with Crippen molar-refractivity contribution in [3.05, 3.63) is 45.1 Å². The van der Waals surface area contributed by atoms with Crippen LogP contribution in [0.1, 0.15) is 21.1 Å². The molecule has 0 bridgehead atoms. The zero-order chi connectivity index (χ0) is 19.7. The lowest BCUT2D eigenvalue weighted by molar-refractivity contribution is 0.0605. The lowest BCUT2D eigenvalue weighted by Gasteiger charge is -2.34. The van der Waals surface area contributed by atoms with Gasteiger partial charge in [0, 0.05) is 38.6 Å². The number of thiophene rings is 1. The van der Waals surface area contributed by atoms with Crippen molar-refractivity contribution in [1.82, 2.24) is 24.8 Å². The van der Waals surface area contributed by atoms with E-state index in [-0.39, 0.29) is 5.56 Å². The number of esters is 1. The van der Waals surface area contributed by atoms with Gasteiger partial charge in [0.15, 0.2) is 0 Å². The van der Waals surface area contributed by atoms with E-state index in [0.29, 0.717) is 33.0 Å². The van der Waals surface area contributed by atoms with Crippen molar-refractivity contribution in [3.63, 3.8) is 0 Å². The number of methoxy groups -OCH3 is 1. The van der Waals surface area contributed by atoms with E-state index in [4.69, 9.17) is 4.74 Å². The van der Waals surface area contributed by atoms with Crippen molar-refractivity contribution in [1.29, 1.82) is 0 Å². The number of aryl methyl sites for hydroxylation is 1. The van der Waals surface area contributed by atoms with Gasteiger partial charge in [0.25, 0.3) is 5.56 Å². The summed E-state index contributed by atoms with van der Waals surface area (Å²) in [6, 6.07) is 1.80. The Labute approximate surface area is 165 Å². The Balaban J connectivity index is 1.50. The summed E-state index contributed by atoms with van der Waals surface area (Å²) in [6.45, 7) is 5.53. The van der Waals surface area contributed by atoms with Crippen LogP contribution in [0.25, 0.3) is 10.2 Å². The van der Waals surface area contributed by atoms with E-state index in [9.17, 15) is 9.59 Å². The van der Waals surface area contributed by atoms with Crippen LogP contribution < -0.4 is 10.5 Å². The SMILES string of the molecule is COC(=O)c1sc2nc(CN3CCN(c4ncccn4)CC3)[nH]c(=O)c2c1C. The summed E-state index contributed by atoms with van der Waals surface area (Å²) in [5, 5.41) is 0.459. The number of nitrogens with one attached hydrogen (secondary N) is 1. The molecule has 4 heterocycles. The third kappa shape index (κ3) is 3.48. The number of aromatic nitrogens is 4. The van der Waals surface area contributed by atoms with Crippen LogP contribution in [0.3, 0.4) is 0 Å². The number of hydrogen-bond acceptors (Lipinski definition) is 9. The standard InChI is InChI=1S/C18H20N6O3S/c1-11-13-15(25)21-12(22-16(13)28-14(11)17(26)27-2)10-23-6-8-24(9-7-23)18-19-4-3-5-20-18/h3-5H,6-10H2,1-2H3,(H,21,22,25). The Morgan fingerprint density at radius 1 is 1.25 bits per heavy atom. The van der Waals surface area contributed by atoms with Crippen LogP contribution in [0.2, 0.25) is 0 Å². The minimum Gasteiger partial charge on any atom is -0.465 e. The van der Waals surface area contributed by atoms with Gasteiger partial charge in [-0.1, -0.05) is 0 Å². The molecular weight excluding hydrogens is 380 g/mol. The maximum atomic E-state index is 12.5. The summed E-state index contributed by atoms with van der Waals surface area (Å²) in [6.07, 6.45) is 3.48. The van der Waals surface area contributed by atoms with Gasteiger partial charge >= 0.3 is 5.97 Å². The minimum absolute atomic E-state index is 0.222. The second-order valence-electron chi connectivity index (χ2n) is 6.55. The van der Waals surface area contributed by atoms with E-state index >= 15 is 0 Å². The first kappa shape index (κ1) is 18.5. The van der Waals surface area contributed by atoms with E-state index in [1.165, 1.54) is 18.4 Å². The van der Waals surface area contributed by atoms with Gasteiger partial charge in [0.2, 0.25) is 5.95 Å². The quantitative estimate of drug-likeness (QED) is 0.652. The van der Waals surface area contributed by atoms with Gasteiger partial charge in [0.05, 0.1) is 19.0 Å². The molecule has 3 aromatic rings. The summed E-state index contributed by atoms with van der Waals surface area (Å²) < 4.78 is 4.79. The molecule has 3 aromatic heterocycles. The summed E-state index contributed by atoms with van der Waals surface area (Å²) in [4.78, 5) is 45.8. The molecule has 1 fully saturated rings. The van der Waals surface area contributed by atoms with E-state index in [2.05, 4.69) is 29.7 Å². The highest BCUT2D eigenvalue weighted by atomic mass is 32.1. The van der Waals surface area contributed by atoms with Crippen molar-refractivity contribution in [2.75, 3.05) is 38.2 Å². The molecule has 0 saturated carbocycles. The van der Waals surface area contributed by atoms with Crippen molar-refractivity contribution >= 4 is 33.5 Å². The molecule has 1 aliphatic heterocycles. The fourth-order valence-electron chi connectivity index (χ4n) is 3.32. The molecule has 0 aromatic carbocycles. The van der Waals surface area contributed by atoms with Gasteiger partial charge in [-0.15, -0.1) is 11.3 Å². The third-order valence-corrected chi connectivity index (χ3v) is 5.97. The molecule has 28 heavy (non-hydrogen) atoms. The summed E-state index contributed by atoms with van der Waals surface area (Å²) in [5.74, 6) is 0.889. The molecule has 0 spiro atoms. The van der Waals surface area contributed by atoms with E-state index < -0.39 is 5.97 Å². The molecule has 146 valence electrons. The van der Waals surface area contributed by atoms with Gasteiger partial charge in [-0.2, -0.15) is 0 Å². The zero-order valence-electron chi connectivity index (χ0n) is 15.6. The smallest absolute Gasteiger partial charge is 0.348 e. The monoisotopic (exact) mass is 400 g/mol. The maximum absolute atomic E-state index is 12.5. The maximum Gasteiger partial charge on any atom is 0.348 e. The molecule has 1 N–H and O–H groups in total. The molecule has 10 heteroatoms. The minimum atomic E-state index is -0.444. The highest BCUT2D eigenvalue weighted by Gasteiger charge is 2.22. The topological polar surface area (TPSA) is 104 Å². The van der Waals surface area contributed by atoms with Crippen molar-refractivity contribution in [3.8, 4) is 0 Å². The second kappa shape index (κ2) is 7.64. The van der Waals surface area contributed by atoms with Gasteiger partial charge in [-0.25, -0.2) is 19.7 Å². The largest absolute Gasteiger partial charge is 0.465 e. The first-order valence-corrected chi connectivity index (χ1v) is 9.73. The number of anilines is 1. The zero-order valence-corrected chi connectivity index (χ0v) is 16.5. The number of hydrogen-bond donors (Lipinski definition) is 1. The number of ether oxygens (including phenoxy) is 1. The lowest BCUT2D eigenvalue weighted by atomic mass is 10.2. The van der Waals surface area contributed by atoms with Gasteiger partial charge in [-0.3, -0.25) is 9.69 Å². The van der Waals surface area contributed by atoms with E-state index in [1.807, 2.05) is 0 Å². The van der Waals surface area contributed by atoms with Crippen LogP contribution in [-0.2, 0) is 11.3 Å². The molecular formula is C18H20N6O3S. The summed E-state index contributed by atoms with van der Waals surface area (Å²) >= 11 is 1.20. The van der Waals surface area contributed by atoms with Crippen LogP contribution in [0.5, 0.6) is 0 Å². The molecule has 1 saturated heterocycles. The highest BCUT2D eigenvalue weighted by Crippen LogP contribution is 2.27. The first-order valence-electron chi connectivity index (χ1n) is 8.91. The number of aromatic amines is 1. The van der Waals surface area contributed by atoms with Crippen molar-refractivity contribution in [2.24, 2.45) is 0 Å². The fourth-order valence-corrected chi connectivity index (χ4v) is 4.44. The van der Waals surface area contributed by atoms with Gasteiger partial charge in [-0.05, 0) is 18.6 Å². The number of H-pyrrole nitrogens is 1. The number of nitrogens with zero attached hydrogens (tertiary/aromatic N) is 5. The fraction of sp³-hybridized carbons (Fsp3) is 0.389. The van der Waals surface area contributed by atoms with Crippen LogP contribution in [0.15, 0.2) is 23.3 Å². The van der Waals surface area contributed by atoms with Crippen molar-refractivity contribution < 1.29 is 9.53 Å². The van der Waals surface area contributed by atoms with E-state index in [0.717, 1.165) is 32.1 Å². The predicted molar refractivity (Wildman–Crippen MR) is 106 cm³/mol. The summed E-state index contributed by atoms with van der Waals surface area (Å²) in [7, 11) is 1.33. The highest BCUT2D eigenvalue weighted by molar-refractivity contribution is 7.20. The van der Waals surface area contributed by atoms with Crippen LogP contribution in [-0.4, -0.2) is 64.1 Å². The molecule has 9 nitrogen and oxygen atoms in total. The average molecular weight is 400 g/mol. The average Bonchev–Trinajstić information content (AvgIpc) is 3.05. The number of carbonyl (C=O) groups excluding carboxylic acids is 1. The molecule has 1 aliphatic rings. The predicted octanol–water partition coefficient (Wildman–Crippen LogP) is 1.19. The molecule has 0 atom stereocenters. The molecule has 0 unspecified atom stereocenters. The third-order valence-electron chi connectivity index (χ3n) is 4.80. The Hall–Kier alpha value is -2.85. The van der Waals surface area contributed by atoms with Gasteiger partial charge in [0.1, 0.15) is 15.5 Å². The number of fused-ring (bicyclic) bond motifs is 1. The number of rotatable bonds is 4. The van der Waals surface area contributed by atoms with Crippen LogP contribution in [0.4, 0.5) is 5.95 Å². The number of piperazine rings is 1. The second-order valence-corrected chi connectivity index (χ2v) is 7.55. The molecule has 0 aliphatic carbocycles.